The Morgan fingerprint density at radius 1 is 1.03 bits per heavy atom. The topological polar surface area (TPSA) is 134 Å². The minimum atomic E-state index is -0.791. The van der Waals surface area contributed by atoms with Crippen LogP contribution in [0, 0.1) is 20.2 Å². The van der Waals surface area contributed by atoms with Crippen LogP contribution < -0.4 is 9.47 Å². The summed E-state index contributed by atoms with van der Waals surface area (Å²) in [7, 11) is 1.41. The van der Waals surface area contributed by atoms with Crippen molar-refractivity contribution < 1.29 is 24.1 Å². The van der Waals surface area contributed by atoms with Crippen molar-refractivity contribution >= 4 is 45.2 Å². The quantitative estimate of drug-likeness (QED) is 0.133. The van der Waals surface area contributed by atoms with Gasteiger partial charge in [0.15, 0.2) is 11.5 Å². The number of carbonyl (C=O) groups excluding carboxylic acids is 1. The van der Waals surface area contributed by atoms with Gasteiger partial charge in [-0.3, -0.25) is 30.0 Å². The number of nitro benzene ring substituents is 2. The van der Waals surface area contributed by atoms with E-state index in [9.17, 15) is 25.0 Å². The van der Waals surface area contributed by atoms with Crippen LogP contribution in [0.2, 0.25) is 0 Å². The smallest absolute Gasteiger partial charge is 0.316 e. The van der Waals surface area contributed by atoms with Crippen LogP contribution in [0.4, 0.5) is 17.1 Å². The zero-order chi connectivity index (χ0) is 24.0. The summed E-state index contributed by atoms with van der Waals surface area (Å²) < 4.78 is 11.5. The zero-order valence-electron chi connectivity index (χ0n) is 17.1. The Balaban J connectivity index is 1.76. The lowest BCUT2D eigenvalue weighted by molar-refractivity contribution is -0.394. The number of hydrogen-bond acceptors (Lipinski definition) is 8. The summed E-state index contributed by atoms with van der Waals surface area (Å²) in [6.45, 7) is 0. The number of ether oxygens (including phenoxy) is 2. The molecule has 0 amide bonds. The molecular formula is C22H16BrN3O7. The molecule has 168 valence electrons. The molecule has 0 aromatic heterocycles. The van der Waals surface area contributed by atoms with Crippen molar-refractivity contribution in [2.75, 3.05) is 7.11 Å². The van der Waals surface area contributed by atoms with Gasteiger partial charge in [0.05, 0.1) is 35.1 Å². The van der Waals surface area contributed by atoms with Gasteiger partial charge < -0.3 is 9.47 Å². The monoisotopic (exact) mass is 513 g/mol. The number of esters is 1. The molecule has 0 spiro atoms. The summed E-state index contributed by atoms with van der Waals surface area (Å²) in [5, 5.41) is 22.1. The number of benzene rings is 3. The standard InChI is InChI=1S/C22H16BrN3O7/c1-32-21-9-14(13-24-17-4-2-3-16(23)11-17)5-8-20(21)33-22(27)10-15-6-7-18(25(28)29)12-19(15)26(30)31/h2-9,11-13H,10H2,1H3. The van der Waals surface area contributed by atoms with Crippen molar-refractivity contribution in [1.29, 1.82) is 0 Å². The summed E-state index contributed by atoms with van der Waals surface area (Å²) in [5.74, 6) is -0.410. The van der Waals surface area contributed by atoms with Gasteiger partial charge in [0.25, 0.3) is 11.4 Å². The molecule has 0 unspecified atom stereocenters. The number of hydrogen-bond donors (Lipinski definition) is 0. The molecule has 3 rings (SSSR count). The zero-order valence-corrected chi connectivity index (χ0v) is 18.7. The summed E-state index contributed by atoms with van der Waals surface area (Å²) in [5.41, 5.74) is 0.446. The molecule has 11 heteroatoms. The Kier molecular flexibility index (Phi) is 7.46. The van der Waals surface area contributed by atoms with E-state index in [-0.39, 0.29) is 17.1 Å². The molecule has 0 saturated heterocycles. The van der Waals surface area contributed by atoms with E-state index in [0.717, 1.165) is 28.4 Å². The van der Waals surface area contributed by atoms with Crippen molar-refractivity contribution in [1.82, 2.24) is 0 Å². The first-order valence-electron chi connectivity index (χ1n) is 9.37. The highest BCUT2D eigenvalue weighted by Gasteiger charge is 2.22. The molecule has 0 saturated carbocycles. The van der Waals surface area contributed by atoms with E-state index in [0.29, 0.717) is 5.56 Å². The number of methoxy groups -OCH3 is 1. The summed E-state index contributed by atoms with van der Waals surface area (Å²) >= 11 is 3.38. The normalized spacial score (nSPS) is 10.7. The minimum absolute atomic E-state index is 0.00709. The molecule has 33 heavy (non-hydrogen) atoms. The second-order valence-corrected chi connectivity index (χ2v) is 7.54. The van der Waals surface area contributed by atoms with E-state index in [4.69, 9.17) is 9.47 Å². The average Bonchev–Trinajstić information content (AvgIpc) is 2.78. The largest absolute Gasteiger partial charge is 0.493 e. The van der Waals surface area contributed by atoms with Gasteiger partial charge in [-0.05, 0) is 48.0 Å². The van der Waals surface area contributed by atoms with Crippen molar-refractivity contribution in [2.24, 2.45) is 4.99 Å². The van der Waals surface area contributed by atoms with Crippen molar-refractivity contribution in [3.8, 4) is 11.5 Å². The highest BCUT2D eigenvalue weighted by molar-refractivity contribution is 9.10. The van der Waals surface area contributed by atoms with Gasteiger partial charge in [-0.25, -0.2) is 0 Å². The van der Waals surface area contributed by atoms with Crippen LogP contribution in [0.3, 0.4) is 0 Å². The number of non-ortho nitro benzene ring substituents is 1. The highest BCUT2D eigenvalue weighted by Crippen LogP contribution is 2.30. The molecular weight excluding hydrogens is 498 g/mol. The molecule has 3 aromatic carbocycles. The van der Waals surface area contributed by atoms with Crippen LogP contribution in [-0.4, -0.2) is 29.1 Å². The van der Waals surface area contributed by atoms with Crippen LogP contribution in [0.25, 0.3) is 0 Å². The molecule has 3 aromatic rings. The van der Waals surface area contributed by atoms with Crippen LogP contribution in [-0.2, 0) is 11.2 Å². The second-order valence-electron chi connectivity index (χ2n) is 6.63. The highest BCUT2D eigenvalue weighted by atomic mass is 79.9. The van der Waals surface area contributed by atoms with Gasteiger partial charge in [-0.15, -0.1) is 0 Å². The van der Waals surface area contributed by atoms with E-state index in [1.165, 1.54) is 13.2 Å². The van der Waals surface area contributed by atoms with Gasteiger partial charge in [-0.1, -0.05) is 22.0 Å². The van der Waals surface area contributed by atoms with Gasteiger partial charge in [0.1, 0.15) is 0 Å². The van der Waals surface area contributed by atoms with Crippen LogP contribution in [0.5, 0.6) is 11.5 Å². The summed E-state index contributed by atoms with van der Waals surface area (Å²) in [6.07, 6.45) is 1.17. The van der Waals surface area contributed by atoms with Gasteiger partial charge >= 0.3 is 5.97 Å². The Labute approximate surface area is 195 Å². The molecule has 0 atom stereocenters. The predicted molar refractivity (Wildman–Crippen MR) is 123 cm³/mol. The molecule has 0 fully saturated rings. The molecule has 0 radical (unpaired) electrons. The Morgan fingerprint density at radius 2 is 1.82 bits per heavy atom. The van der Waals surface area contributed by atoms with Crippen LogP contribution in [0.15, 0.2) is 70.1 Å². The lowest BCUT2D eigenvalue weighted by Crippen LogP contribution is -2.13. The van der Waals surface area contributed by atoms with Crippen LogP contribution >= 0.6 is 15.9 Å². The van der Waals surface area contributed by atoms with Gasteiger partial charge in [-0.2, -0.15) is 0 Å². The number of rotatable bonds is 8. The molecule has 0 heterocycles. The molecule has 0 N–H and O–H groups in total. The molecule has 0 aliphatic carbocycles. The van der Waals surface area contributed by atoms with Gasteiger partial charge in [0, 0.05) is 22.3 Å². The maximum Gasteiger partial charge on any atom is 0.316 e. The number of nitro groups is 2. The molecule has 10 nitrogen and oxygen atoms in total. The Morgan fingerprint density at radius 3 is 2.48 bits per heavy atom. The third kappa shape index (κ3) is 6.20. The lowest BCUT2D eigenvalue weighted by Gasteiger charge is -2.10. The first-order chi connectivity index (χ1) is 15.8. The predicted octanol–water partition coefficient (Wildman–Crippen LogP) is 5.17. The first kappa shape index (κ1) is 23.5. The second kappa shape index (κ2) is 10.5. The molecule has 0 aliphatic heterocycles. The Bertz CT molecular complexity index is 1260. The van der Waals surface area contributed by atoms with E-state index >= 15 is 0 Å². The summed E-state index contributed by atoms with van der Waals surface area (Å²) in [4.78, 5) is 37.4. The third-order valence-corrected chi connectivity index (χ3v) is 4.89. The van der Waals surface area contributed by atoms with Crippen LogP contribution in [0.1, 0.15) is 11.1 Å². The molecule has 0 aliphatic rings. The average molecular weight is 514 g/mol. The van der Waals surface area contributed by atoms with E-state index in [1.54, 1.807) is 18.3 Å². The third-order valence-electron chi connectivity index (χ3n) is 4.39. The van der Waals surface area contributed by atoms with Crippen molar-refractivity contribution in [2.45, 2.75) is 6.42 Å². The fraction of sp³-hybridized carbons (Fsp3) is 0.0909. The fourth-order valence-corrected chi connectivity index (χ4v) is 3.24. The van der Waals surface area contributed by atoms with E-state index in [1.807, 2.05) is 24.3 Å². The van der Waals surface area contributed by atoms with E-state index < -0.39 is 33.6 Å². The lowest BCUT2D eigenvalue weighted by atomic mass is 10.1. The van der Waals surface area contributed by atoms with Crippen molar-refractivity contribution in [3.63, 3.8) is 0 Å². The van der Waals surface area contributed by atoms with E-state index in [2.05, 4.69) is 20.9 Å². The molecule has 0 bridgehead atoms. The first-order valence-corrected chi connectivity index (χ1v) is 10.2. The number of halogens is 1. The fourth-order valence-electron chi connectivity index (χ4n) is 2.85. The maximum absolute atomic E-state index is 12.4. The summed E-state index contributed by atoms with van der Waals surface area (Å²) in [6, 6.07) is 15.3. The number of carbonyl (C=O) groups is 1. The Hall–Kier alpha value is -4.12. The SMILES string of the molecule is COc1cc(C=Nc2cccc(Br)c2)ccc1OC(=O)Cc1ccc([N+](=O)[O-])cc1[N+](=O)[O-]. The number of nitrogens with zero attached hydrogens (tertiary/aromatic N) is 3. The number of aliphatic imine (C=N–C) groups is 1. The van der Waals surface area contributed by atoms with Crippen molar-refractivity contribution in [3.05, 3.63) is 96.5 Å². The van der Waals surface area contributed by atoms with Gasteiger partial charge in [0.2, 0.25) is 0 Å². The minimum Gasteiger partial charge on any atom is -0.493 e. The maximum atomic E-state index is 12.4.